The van der Waals surface area contributed by atoms with E-state index in [1.54, 1.807) is 7.11 Å². The molecule has 1 aromatic rings. The fraction of sp³-hybridized carbons (Fsp3) is 0.684. The Morgan fingerprint density at radius 3 is 2.92 bits per heavy atom. The molecule has 1 aliphatic carbocycles. The minimum Gasteiger partial charge on any atom is -0.481 e. The van der Waals surface area contributed by atoms with Crippen LogP contribution >= 0.6 is 0 Å². The van der Waals surface area contributed by atoms with Gasteiger partial charge in [0.05, 0.1) is 19.4 Å². The van der Waals surface area contributed by atoms with E-state index in [2.05, 4.69) is 9.88 Å². The Kier molecular flexibility index (Phi) is 4.41. The molecular weight excluding hydrogens is 318 g/mol. The maximum Gasteiger partial charge on any atom is 0.225 e. The first kappa shape index (κ1) is 16.8. The van der Waals surface area contributed by atoms with Crippen molar-refractivity contribution < 1.29 is 14.6 Å². The third-order valence-electron chi connectivity index (χ3n) is 6.07. The van der Waals surface area contributed by atoms with Gasteiger partial charge in [0.2, 0.25) is 11.8 Å². The molecule has 0 unspecified atom stereocenters. The van der Waals surface area contributed by atoms with Crippen molar-refractivity contribution in [1.29, 1.82) is 0 Å². The first-order chi connectivity index (χ1) is 12.1. The molecule has 1 amide bonds. The quantitative estimate of drug-likeness (QED) is 0.867. The lowest BCUT2D eigenvalue weighted by Crippen LogP contribution is -2.50. The number of aliphatic hydroxyl groups excluding tert-OH is 1. The molecule has 0 aromatic carbocycles. The number of amides is 1. The highest BCUT2D eigenvalue weighted by molar-refractivity contribution is 5.81. The average Bonchev–Trinajstić information content (AvgIpc) is 3.41. The molecule has 3 aliphatic rings. The van der Waals surface area contributed by atoms with Crippen molar-refractivity contribution in [1.82, 2.24) is 14.8 Å². The van der Waals surface area contributed by atoms with E-state index in [0.717, 1.165) is 51.1 Å². The van der Waals surface area contributed by atoms with Crippen LogP contribution in [0.2, 0.25) is 0 Å². The van der Waals surface area contributed by atoms with Crippen LogP contribution in [0.3, 0.4) is 0 Å². The Morgan fingerprint density at radius 2 is 2.20 bits per heavy atom. The molecule has 6 nitrogen and oxygen atoms in total. The van der Waals surface area contributed by atoms with Crippen molar-refractivity contribution in [3.63, 3.8) is 0 Å². The normalized spacial score (nSPS) is 29.5. The van der Waals surface area contributed by atoms with Gasteiger partial charge in [0.1, 0.15) is 0 Å². The molecule has 4 rings (SSSR count). The summed E-state index contributed by atoms with van der Waals surface area (Å²) >= 11 is 0. The second-order valence-corrected chi connectivity index (χ2v) is 7.88. The predicted molar refractivity (Wildman–Crippen MR) is 93.0 cm³/mol. The SMILES string of the molecule is COc1cccc(CN2CC[C@H]3CN(C(=O)C4CC4)C[C@@]3(CO)C2)n1. The van der Waals surface area contributed by atoms with E-state index >= 15 is 0 Å². The van der Waals surface area contributed by atoms with E-state index in [0.29, 0.717) is 24.2 Å². The maximum atomic E-state index is 12.5. The van der Waals surface area contributed by atoms with Gasteiger partial charge in [-0.2, -0.15) is 0 Å². The number of carbonyl (C=O) groups excluding carboxylic acids is 1. The zero-order valence-electron chi connectivity index (χ0n) is 14.9. The summed E-state index contributed by atoms with van der Waals surface area (Å²) in [6.45, 7) is 4.22. The summed E-state index contributed by atoms with van der Waals surface area (Å²) in [6.07, 6.45) is 3.11. The van der Waals surface area contributed by atoms with Crippen LogP contribution in [0.5, 0.6) is 5.88 Å². The minimum atomic E-state index is -0.179. The first-order valence-electron chi connectivity index (χ1n) is 9.25. The Balaban J connectivity index is 1.45. The van der Waals surface area contributed by atoms with Crippen molar-refractivity contribution in [2.75, 3.05) is 39.9 Å². The van der Waals surface area contributed by atoms with Crippen LogP contribution in [0.4, 0.5) is 0 Å². The standard InChI is InChI=1S/C19H27N3O3/c1-25-17-4-2-3-16(20-17)10-21-8-7-15-9-22(18(24)14-5-6-14)12-19(15,11-21)13-23/h2-4,14-15,23H,5-13H2,1H3/t15-,19+/m0/s1. The number of methoxy groups -OCH3 is 1. The van der Waals surface area contributed by atoms with Gasteiger partial charge in [-0.3, -0.25) is 9.69 Å². The molecule has 2 saturated heterocycles. The number of rotatable bonds is 5. The molecule has 0 bridgehead atoms. The maximum absolute atomic E-state index is 12.5. The summed E-state index contributed by atoms with van der Waals surface area (Å²) in [4.78, 5) is 21.3. The number of piperidine rings is 1. The lowest BCUT2D eigenvalue weighted by Gasteiger charge is -2.42. The molecule has 2 aliphatic heterocycles. The summed E-state index contributed by atoms with van der Waals surface area (Å²) in [5, 5.41) is 10.2. The van der Waals surface area contributed by atoms with Crippen LogP contribution in [-0.4, -0.2) is 65.7 Å². The highest BCUT2D eigenvalue weighted by Crippen LogP contribution is 2.44. The fourth-order valence-corrected chi connectivity index (χ4v) is 4.48. The summed E-state index contributed by atoms with van der Waals surface area (Å²) in [5.74, 6) is 1.61. The number of ether oxygens (including phenoxy) is 1. The van der Waals surface area contributed by atoms with E-state index in [4.69, 9.17) is 4.74 Å². The molecule has 3 fully saturated rings. The second kappa shape index (κ2) is 6.57. The van der Waals surface area contributed by atoms with Crippen molar-refractivity contribution in [2.24, 2.45) is 17.3 Å². The van der Waals surface area contributed by atoms with Crippen molar-refractivity contribution in [3.8, 4) is 5.88 Å². The number of carbonyl (C=O) groups is 1. The number of hydrogen-bond donors (Lipinski definition) is 1. The van der Waals surface area contributed by atoms with E-state index in [1.165, 1.54) is 0 Å². The Labute approximate surface area is 148 Å². The molecule has 1 saturated carbocycles. The third kappa shape index (κ3) is 3.25. The molecule has 1 aromatic heterocycles. The molecule has 3 heterocycles. The van der Waals surface area contributed by atoms with E-state index < -0.39 is 0 Å². The molecule has 0 spiro atoms. The number of nitrogens with zero attached hydrogens (tertiary/aromatic N) is 3. The first-order valence-corrected chi connectivity index (χ1v) is 9.25. The monoisotopic (exact) mass is 345 g/mol. The van der Waals surface area contributed by atoms with Crippen LogP contribution < -0.4 is 4.74 Å². The minimum absolute atomic E-state index is 0.147. The number of hydrogen-bond acceptors (Lipinski definition) is 5. The Bertz CT molecular complexity index is 649. The molecule has 1 N–H and O–H groups in total. The zero-order chi connectivity index (χ0) is 17.4. The highest BCUT2D eigenvalue weighted by Gasteiger charge is 2.51. The molecule has 0 radical (unpaired) electrons. The van der Waals surface area contributed by atoms with Gasteiger partial charge in [-0.25, -0.2) is 4.98 Å². The molecular formula is C19H27N3O3. The van der Waals surface area contributed by atoms with E-state index in [-0.39, 0.29) is 17.9 Å². The van der Waals surface area contributed by atoms with Crippen LogP contribution in [0.1, 0.15) is 25.0 Å². The van der Waals surface area contributed by atoms with Crippen LogP contribution in [0, 0.1) is 17.3 Å². The van der Waals surface area contributed by atoms with Crippen molar-refractivity contribution in [2.45, 2.75) is 25.8 Å². The predicted octanol–water partition coefficient (Wildman–Crippen LogP) is 1.14. The van der Waals surface area contributed by atoms with Crippen LogP contribution in [0.15, 0.2) is 18.2 Å². The number of fused-ring (bicyclic) bond motifs is 1. The van der Waals surface area contributed by atoms with Crippen LogP contribution in [0.25, 0.3) is 0 Å². The molecule has 2 atom stereocenters. The smallest absolute Gasteiger partial charge is 0.225 e. The summed E-state index contributed by atoms with van der Waals surface area (Å²) in [7, 11) is 1.63. The highest BCUT2D eigenvalue weighted by atomic mass is 16.5. The van der Waals surface area contributed by atoms with E-state index in [1.807, 2.05) is 23.1 Å². The Hall–Kier alpha value is -1.66. The van der Waals surface area contributed by atoms with Crippen molar-refractivity contribution >= 4 is 5.91 Å². The summed E-state index contributed by atoms with van der Waals surface area (Å²) in [5.41, 5.74) is 0.802. The number of aliphatic hydroxyl groups is 1. The van der Waals surface area contributed by atoms with Gasteiger partial charge >= 0.3 is 0 Å². The van der Waals surface area contributed by atoms with Gasteiger partial charge in [-0.15, -0.1) is 0 Å². The zero-order valence-corrected chi connectivity index (χ0v) is 14.9. The lowest BCUT2D eigenvalue weighted by atomic mass is 9.74. The van der Waals surface area contributed by atoms with Crippen molar-refractivity contribution in [3.05, 3.63) is 23.9 Å². The van der Waals surface area contributed by atoms with Gasteiger partial charge in [-0.05, 0) is 37.8 Å². The largest absolute Gasteiger partial charge is 0.481 e. The summed E-state index contributed by atoms with van der Waals surface area (Å²) < 4.78 is 5.21. The van der Waals surface area contributed by atoms with Gasteiger partial charge in [-0.1, -0.05) is 6.07 Å². The molecule has 6 heteroatoms. The lowest BCUT2D eigenvalue weighted by molar-refractivity contribution is -0.132. The third-order valence-corrected chi connectivity index (χ3v) is 6.07. The molecule has 136 valence electrons. The second-order valence-electron chi connectivity index (χ2n) is 7.88. The number of pyridine rings is 1. The Morgan fingerprint density at radius 1 is 1.36 bits per heavy atom. The average molecular weight is 345 g/mol. The van der Waals surface area contributed by atoms with Gasteiger partial charge in [0.15, 0.2) is 0 Å². The van der Waals surface area contributed by atoms with Gasteiger partial charge in [0.25, 0.3) is 0 Å². The fourth-order valence-electron chi connectivity index (χ4n) is 4.48. The van der Waals surface area contributed by atoms with Gasteiger partial charge < -0.3 is 14.7 Å². The number of likely N-dealkylation sites (tertiary alicyclic amines) is 2. The van der Waals surface area contributed by atoms with Gasteiger partial charge in [0, 0.05) is 43.6 Å². The van der Waals surface area contributed by atoms with E-state index in [9.17, 15) is 9.90 Å². The summed E-state index contributed by atoms with van der Waals surface area (Å²) in [6, 6.07) is 5.82. The van der Waals surface area contributed by atoms with Crippen LogP contribution in [-0.2, 0) is 11.3 Å². The molecule has 25 heavy (non-hydrogen) atoms. The number of aromatic nitrogens is 1. The topological polar surface area (TPSA) is 65.9 Å².